The molecule has 0 radical (unpaired) electrons. The second kappa shape index (κ2) is 6.72. The van der Waals surface area contributed by atoms with E-state index in [4.69, 9.17) is 0 Å². The van der Waals surface area contributed by atoms with Gasteiger partial charge in [0.25, 0.3) is 10.0 Å². The van der Waals surface area contributed by atoms with E-state index in [-0.39, 0.29) is 10.8 Å². The minimum absolute atomic E-state index is 0.176. The molecule has 0 bridgehead atoms. The number of hydrogen-bond acceptors (Lipinski definition) is 3. The van der Waals surface area contributed by atoms with Gasteiger partial charge < -0.3 is 5.32 Å². The van der Waals surface area contributed by atoms with Gasteiger partial charge in [0.15, 0.2) is 0 Å². The van der Waals surface area contributed by atoms with Crippen LogP contribution >= 0.6 is 0 Å². The number of amides is 1. The predicted molar refractivity (Wildman–Crippen MR) is 96.0 cm³/mol. The number of nitrogens with one attached hydrogen (secondary N) is 1. The molecule has 1 heterocycles. The summed E-state index contributed by atoms with van der Waals surface area (Å²) in [5.41, 5.74) is 2.38. The molecular weight excluding hydrogens is 336 g/mol. The van der Waals surface area contributed by atoms with Crippen molar-refractivity contribution in [1.82, 2.24) is 9.62 Å². The van der Waals surface area contributed by atoms with Crippen molar-refractivity contribution in [3.63, 3.8) is 0 Å². The minimum atomic E-state index is -3.82. The summed E-state index contributed by atoms with van der Waals surface area (Å²) < 4.78 is 27.4. The molecule has 2 aromatic carbocycles. The molecule has 0 unspecified atom stereocenters. The molecule has 1 N–H and O–H groups in total. The van der Waals surface area contributed by atoms with E-state index in [0.717, 1.165) is 11.1 Å². The molecular formula is C19H20N2O3S. The number of benzene rings is 2. The monoisotopic (exact) mass is 356 g/mol. The lowest BCUT2D eigenvalue weighted by Crippen LogP contribution is -2.51. The van der Waals surface area contributed by atoms with Gasteiger partial charge in [-0.25, -0.2) is 8.42 Å². The van der Waals surface area contributed by atoms with Crippen molar-refractivity contribution < 1.29 is 13.2 Å². The molecule has 6 heteroatoms. The normalized spacial score (nSPS) is 17.8. The molecule has 0 saturated carbocycles. The van der Waals surface area contributed by atoms with Gasteiger partial charge in [0.05, 0.1) is 4.90 Å². The molecule has 0 aliphatic carbocycles. The van der Waals surface area contributed by atoms with Crippen molar-refractivity contribution in [2.45, 2.75) is 31.2 Å². The zero-order valence-corrected chi connectivity index (χ0v) is 15.0. The van der Waals surface area contributed by atoms with Gasteiger partial charge in [-0.3, -0.25) is 9.10 Å². The largest absolute Gasteiger partial charge is 0.327 e. The first-order valence-electron chi connectivity index (χ1n) is 8.01. The number of carbonyl (C=O) groups is 1. The average molecular weight is 356 g/mol. The maximum Gasteiger partial charge on any atom is 0.264 e. The number of aryl methyl sites for hydroxylation is 1. The van der Waals surface area contributed by atoms with Crippen LogP contribution in [0.1, 0.15) is 18.1 Å². The molecule has 0 fully saturated rings. The second-order valence-electron chi connectivity index (χ2n) is 6.15. The molecule has 1 aliphatic rings. The summed E-state index contributed by atoms with van der Waals surface area (Å²) in [4.78, 5) is 12.7. The Hall–Kier alpha value is -2.60. The van der Waals surface area contributed by atoms with Crippen molar-refractivity contribution >= 4 is 15.9 Å². The Morgan fingerprint density at radius 2 is 1.64 bits per heavy atom. The third-order valence-corrected chi connectivity index (χ3v) is 5.90. The number of sulfonamides is 1. The maximum absolute atomic E-state index is 13.1. The molecule has 3 rings (SSSR count). The van der Waals surface area contributed by atoms with Crippen LogP contribution in [0.25, 0.3) is 0 Å². The number of allylic oxidation sites excluding steroid dienone is 1. The van der Waals surface area contributed by atoms with Crippen molar-refractivity contribution in [2.24, 2.45) is 0 Å². The maximum atomic E-state index is 13.1. The van der Waals surface area contributed by atoms with E-state index in [9.17, 15) is 13.2 Å². The van der Waals surface area contributed by atoms with Crippen molar-refractivity contribution in [3.05, 3.63) is 77.6 Å². The van der Waals surface area contributed by atoms with Gasteiger partial charge in [-0.15, -0.1) is 0 Å². The molecule has 0 aromatic heterocycles. The highest BCUT2D eigenvalue weighted by Crippen LogP contribution is 2.24. The molecule has 5 nitrogen and oxygen atoms in total. The third-order valence-electron chi connectivity index (χ3n) is 4.12. The van der Waals surface area contributed by atoms with Crippen LogP contribution in [0.2, 0.25) is 0 Å². The van der Waals surface area contributed by atoms with E-state index in [2.05, 4.69) is 5.32 Å². The lowest BCUT2D eigenvalue weighted by atomic mass is 10.0. The van der Waals surface area contributed by atoms with Gasteiger partial charge >= 0.3 is 0 Å². The van der Waals surface area contributed by atoms with Crippen LogP contribution in [-0.4, -0.2) is 24.7 Å². The number of hydrogen-bond donors (Lipinski definition) is 1. The fourth-order valence-corrected chi connectivity index (χ4v) is 4.32. The topological polar surface area (TPSA) is 66.5 Å². The second-order valence-corrected chi connectivity index (χ2v) is 8.00. The van der Waals surface area contributed by atoms with Crippen molar-refractivity contribution in [2.75, 3.05) is 0 Å². The average Bonchev–Trinajstić information content (AvgIpc) is 2.58. The highest BCUT2D eigenvalue weighted by molar-refractivity contribution is 7.89. The van der Waals surface area contributed by atoms with Crippen LogP contribution in [0.3, 0.4) is 0 Å². The Balaban J connectivity index is 2.01. The molecule has 0 spiro atoms. The zero-order valence-electron chi connectivity index (χ0n) is 14.1. The van der Waals surface area contributed by atoms with Gasteiger partial charge in [0.2, 0.25) is 5.91 Å². The molecule has 1 amide bonds. The summed E-state index contributed by atoms with van der Waals surface area (Å²) >= 11 is 0. The third kappa shape index (κ3) is 3.58. The van der Waals surface area contributed by atoms with Gasteiger partial charge in [-0.2, -0.15) is 0 Å². The van der Waals surface area contributed by atoms with Gasteiger partial charge in [0, 0.05) is 18.3 Å². The van der Waals surface area contributed by atoms with Crippen LogP contribution < -0.4 is 5.32 Å². The number of nitrogens with zero attached hydrogens (tertiary/aromatic N) is 1. The molecule has 130 valence electrons. The van der Waals surface area contributed by atoms with Crippen LogP contribution in [0.5, 0.6) is 0 Å². The summed E-state index contributed by atoms with van der Waals surface area (Å²) in [6.45, 7) is 3.57. The summed E-state index contributed by atoms with van der Waals surface area (Å²) in [6.07, 6.45) is 1.80. The van der Waals surface area contributed by atoms with Gasteiger partial charge in [0.1, 0.15) is 6.04 Å². The Morgan fingerprint density at radius 3 is 2.28 bits per heavy atom. The molecule has 1 aliphatic heterocycles. The highest BCUT2D eigenvalue weighted by Gasteiger charge is 2.36. The quantitative estimate of drug-likeness (QED) is 0.916. The number of carbonyl (C=O) groups excluding carboxylic acids is 1. The standard InChI is InChI=1S/C19H20N2O3S/c1-14-8-10-17(11-9-14)25(23,24)21-13-15(2)20-19(22)18(21)12-16-6-4-3-5-7-16/h3-11,13,18H,12H2,1-2H3,(H,20,22)/t18-/m0/s1. The summed E-state index contributed by atoms with van der Waals surface area (Å²) in [7, 11) is -3.82. The van der Waals surface area contributed by atoms with E-state index in [1.807, 2.05) is 37.3 Å². The van der Waals surface area contributed by atoms with E-state index in [1.165, 1.54) is 10.5 Å². The predicted octanol–water partition coefficient (Wildman–Crippen LogP) is 2.59. The van der Waals surface area contributed by atoms with Crippen LogP contribution in [0.15, 0.2) is 71.4 Å². The Morgan fingerprint density at radius 1 is 1.00 bits per heavy atom. The minimum Gasteiger partial charge on any atom is -0.327 e. The summed E-state index contributed by atoms with van der Waals surface area (Å²) in [5, 5.41) is 2.73. The first-order chi connectivity index (χ1) is 11.9. The first-order valence-corrected chi connectivity index (χ1v) is 9.45. The highest BCUT2D eigenvalue weighted by atomic mass is 32.2. The van der Waals surface area contributed by atoms with E-state index >= 15 is 0 Å². The van der Waals surface area contributed by atoms with Crippen molar-refractivity contribution in [1.29, 1.82) is 0 Å². The molecule has 1 atom stereocenters. The van der Waals surface area contributed by atoms with E-state index in [1.54, 1.807) is 31.2 Å². The fraction of sp³-hybridized carbons (Fsp3) is 0.211. The lowest BCUT2D eigenvalue weighted by molar-refractivity contribution is -0.124. The van der Waals surface area contributed by atoms with Crippen LogP contribution in [0, 0.1) is 6.92 Å². The van der Waals surface area contributed by atoms with Crippen molar-refractivity contribution in [3.8, 4) is 0 Å². The lowest BCUT2D eigenvalue weighted by Gasteiger charge is -2.33. The summed E-state index contributed by atoms with van der Waals surface area (Å²) in [6, 6.07) is 15.2. The van der Waals surface area contributed by atoms with Gasteiger partial charge in [-0.05, 0) is 31.5 Å². The Bertz CT molecular complexity index is 903. The first kappa shape index (κ1) is 17.2. The summed E-state index contributed by atoms with van der Waals surface area (Å²) in [5.74, 6) is -0.320. The molecule has 2 aromatic rings. The fourth-order valence-electron chi connectivity index (χ4n) is 2.80. The molecule has 0 saturated heterocycles. The molecule has 25 heavy (non-hydrogen) atoms. The van der Waals surface area contributed by atoms with Crippen LogP contribution in [0.4, 0.5) is 0 Å². The van der Waals surface area contributed by atoms with E-state index < -0.39 is 16.1 Å². The number of rotatable bonds is 4. The smallest absolute Gasteiger partial charge is 0.264 e. The Kier molecular flexibility index (Phi) is 4.63. The zero-order chi connectivity index (χ0) is 18.0. The van der Waals surface area contributed by atoms with E-state index in [0.29, 0.717) is 12.1 Å². The van der Waals surface area contributed by atoms with Gasteiger partial charge in [-0.1, -0.05) is 48.0 Å². The Labute approximate surface area is 148 Å². The van der Waals surface area contributed by atoms with Crippen LogP contribution in [-0.2, 0) is 21.2 Å². The SMILES string of the molecule is CC1=CN(S(=O)(=O)c2ccc(C)cc2)[C@@H](Cc2ccccc2)C(=O)N1.